The van der Waals surface area contributed by atoms with Crippen molar-refractivity contribution in [3.05, 3.63) is 102 Å². The SMILES string of the molecule is Cc1ccnc(-c2cccc(-c3ccc4oc(-c5ccccc5)c(C)c4c3)c2)c1. The van der Waals surface area contributed by atoms with E-state index in [2.05, 4.69) is 79.5 Å². The first-order valence-corrected chi connectivity index (χ1v) is 9.81. The molecule has 0 radical (unpaired) electrons. The number of hydrogen-bond acceptors (Lipinski definition) is 2. The van der Waals surface area contributed by atoms with Gasteiger partial charge in [-0.25, -0.2) is 0 Å². The summed E-state index contributed by atoms with van der Waals surface area (Å²) in [5, 5.41) is 1.15. The maximum absolute atomic E-state index is 6.17. The normalized spacial score (nSPS) is 11.1. The second-order valence-corrected chi connectivity index (χ2v) is 7.43. The van der Waals surface area contributed by atoms with Gasteiger partial charge in [0, 0.05) is 28.3 Å². The molecule has 2 heteroatoms. The van der Waals surface area contributed by atoms with Crippen LogP contribution in [0.3, 0.4) is 0 Å². The van der Waals surface area contributed by atoms with Gasteiger partial charge in [0.2, 0.25) is 0 Å². The lowest BCUT2D eigenvalue weighted by atomic mass is 9.99. The highest BCUT2D eigenvalue weighted by Gasteiger charge is 2.13. The van der Waals surface area contributed by atoms with Crippen LogP contribution in [-0.4, -0.2) is 4.98 Å². The highest BCUT2D eigenvalue weighted by molar-refractivity contribution is 5.91. The maximum Gasteiger partial charge on any atom is 0.138 e. The molecule has 3 aromatic carbocycles. The fourth-order valence-corrected chi connectivity index (χ4v) is 3.82. The Kier molecular flexibility index (Phi) is 4.25. The van der Waals surface area contributed by atoms with Gasteiger partial charge in [0.15, 0.2) is 0 Å². The molecule has 0 spiro atoms. The number of nitrogens with zero attached hydrogens (tertiary/aromatic N) is 1. The van der Waals surface area contributed by atoms with Gasteiger partial charge in [-0.3, -0.25) is 4.98 Å². The van der Waals surface area contributed by atoms with Crippen LogP contribution in [0.2, 0.25) is 0 Å². The minimum atomic E-state index is 0.918. The van der Waals surface area contributed by atoms with Crippen LogP contribution in [0.5, 0.6) is 0 Å². The fraction of sp³-hybridized carbons (Fsp3) is 0.0741. The molecule has 0 aliphatic heterocycles. The van der Waals surface area contributed by atoms with Gasteiger partial charge >= 0.3 is 0 Å². The van der Waals surface area contributed by atoms with Crippen molar-refractivity contribution in [2.45, 2.75) is 13.8 Å². The number of aryl methyl sites for hydroxylation is 2. The lowest BCUT2D eigenvalue weighted by molar-refractivity contribution is 0.629. The summed E-state index contributed by atoms with van der Waals surface area (Å²) in [6.07, 6.45) is 1.86. The standard InChI is InChI=1S/C27H21NO/c1-18-13-14-28-25(15-18)23-10-6-9-21(16-23)22-11-12-26-24(17-22)19(2)27(29-26)20-7-4-3-5-8-20/h3-17H,1-2H3. The van der Waals surface area contributed by atoms with E-state index in [0.29, 0.717) is 0 Å². The van der Waals surface area contributed by atoms with Crippen LogP contribution in [0.1, 0.15) is 11.1 Å². The van der Waals surface area contributed by atoms with E-state index in [-0.39, 0.29) is 0 Å². The molecule has 0 amide bonds. The molecule has 2 nitrogen and oxygen atoms in total. The molecule has 0 saturated carbocycles. The van der Waals surface area contributed by atoms with Gasteiger partial charge in [0.1, 0.15) is 11.3 Å². The Morgan fingerprint density at radius 3 is 2.24 bits per heavy atom. The second-order valence-electron chi connectivity index (χ2n) is 7.43. The number of aromatic nitrogens is 1. The van der Waals surface area contributed by atoms with Gasteiger partial charge in [-0.1, -0.05) is 54.6 Å². The van der Waals surface area contributed by atoms with Crippen molar-refractivity contribution in [2.24, 2.45) is 0 Å². The van der Waals surface area contributed by atoms with E-state index < -0.39 is 0 Å². The quantitative estimate of drug-likeness (QED) is 0.327. The Labute approximate surface area is 170 Å². The first-order valence-electron chi connectivity index (χ1n) is 9.81. The van der Waals surface area contributed by atoms with E-state index in [1.165, 1.54) is 22.3 Å². The van der Waals surface area contributed by atoms with Crippen LogP contribution in [0.4, 0.5) is 0 Å². The van der Waals surface area contributed by atoms with Crippen molar-refractivity contribution in [3.63, 3.8) is 0 Å². The molecule has 140 valence electrons. The summed E-state index contributed by atoms with van der Waals surface area (Å²) < 4.78 is 6.17. The maximum atomic E-state index is 6.17. The Bertz CT molecular complexity index is 1320. The minimum Gasteiger partial charge on any atom is -0.456 e. The van der Waals surface area contributed by atoms with Gasteiger partial charge in [-0.05, 0) is 60.9 Å². The fourth-order valence-electron chi connectivity index (χ4n) is 3.82. The third kappa shape index (κ3) is 3.23. The van der Waals surface area contributed by atoms with Crippen molar-refractivity contribution >= 4 is 11.0 Å². The number of benzene rings is 3. The van der Waals surface area contributed by atoms with E-state index in [1.54, 1.807) is 0 Å². The Hall–Kier alpha value is -3.65. The van der Waals surface area contributed by atoms with Crippen LogP contribution in [0.25, 0.3) is 44.7 Å². The molecule has 29 heavy (non-hydrogen) atoms. The molecule has 0 atom stereocenters. The van der Waals surface area contributed by atoms with Crippen molar-refractivity contribution in [1.82, 2.24) is 4.98 Å². The number of rotatable bonds is 3. The molecule has 0 unspecified atom stereocenters. The first-order chi connectivity index (χ1) is 14.2. The van der Waals surface area contributed by atoms with Crippen LogP contribution in [-0.2, 0) is 0 Å². The Morgan fingerprint density at radius 2 is 1.41 bits per heavy atom. The van der Waals surface area contributed by atoms with E-state index in [4.69, 9.17) is 4.42 Å². The third-order valence-corrected chi connectivity index (χ3v) is 5.38. The Balaban J connectivity index is 1.59. The third-order valence-electron chi connectivity index (χ3n) is 5.38. The van der Waals surface area contributed by atoms with Crippen LogP contribution >= 0.6 is 0 Å². The van der Waals surface area contributed by atoms with E-state index in [0.717, 1.165) is 33.6 Å². The molecule has 0 fully saturated rings. The van der Waals surface area contributed by atoms with Crippen molar-refractivity contribution in [1.29, 1.82) is 0 Å². The topological polar surface area (TPSA) is 26.0 Å². The molecule has 0 aliphatic rings. The number of furan rings is 1. The number of hydrogen-bond donors (Lipinski definition) is 0. The summed E-state index contributed by atoms with van der Waals surface area (Å²) in [7, 11) is 0. The van der Waals surface area contributed by atoms with Crippen molar-refractivity contribution in [3.8, 4) is 33.7 Å². The van der Waals surface area contributed by atoms with Gasteiger partial charge in [-0.15, -0.1) is 0 Å². The molecule has 2 heterocycles. The second kappa shape index (κ2) is 7.06. The molecule has 5 rings (SSSR count). The highest BCUT2D eigenvalue weighted by atomic mass is 16.3. The zero-order valence-corrected chi connectivity index (χ0v) is 16.5. The lowest BCUT2D eigenvalue weighted by Crippen LogP contribution is -1.86. The zero-order valence-electron chi connectivity index (χ0n) is 16.5. The smallest absolute Gasteiger partial charge is 0.138 e. The van der Waals surface area contributed by atoms with Crippen LogP contribution in [0, 0.1) is 13.8 Å². The first kappa shape index (κ1) is 17.4. The molecular weight excluding hydrogens is 354 g/mol. The molecular formula is C27H21NO. The molecule has 0 aliphatic carbocycles. The summed E-state index contributed by atoms with van der Waals surface area (Å²) in [6, 6.07) is 29.4. The molecule has 0 saturated heterocycles. The summed E-state index contributed by atoms with van der Waals surface area (Å²) in [6.45, 7) is 4.22. The predicted octanol–water partition coefficient (Wildman–Crippen LogP) is 7.45. The number of fused-ring (bicyclic) bond motifs is 1. The summed E-state index contributed by atoms with van der Waals surface area (Å²) in [4.78, 5) is 4.53. The Morgan fingerprint density at radius 1 is 0.655 bits per heavy atom. The lowest BCUT2D eigenvalue weighted by Gasteiger charge is -2.06. The van der Waals surface area contributed by atoms with Gasteiger partial charge < -0.3 is 4.42 Å². The van der Waals surface area contributed by atoms with E-state index in [9.17, 15) is 0 Å². The van der Waals surface area contributed by atoms with Gasteiger partial charge in [-0.2, -0.15) is 0 Å². The highest BCUT2D eigenvalue weighted by Crippen LogP contribution is 2.35. The predicted molar refractivity (Wildman–Crippen MR) is 120 cm³/mol. The average Bonchev–Trinajstić information content (AvgIpc) is 3.10. The van der Waals surface area contributed by atoms with Crippen molar-refractivity contribution < 1.29 is 4.42 Å². The monoisotopic (exact) mass is 375 g/mol. The van der Waals surface area contributed by atoms with Gasteiger partial charge in [0.05, 0.1) is 5.69 Å². The molecule has 5 aromatic rings. The summed E-state index contributed by atoms with van der Waals surface area (Å²) >= 11 is 0. The zero-order chi connectivity index (χ0) is 19.8. The van der Waals surface area contributed by atoms with E-state index in [1.807, 2.05) is 30.5 Å². The molecule has 0 N–H and O–H groups in total. The van der Waals surface area contributed by atoms with Crippen LogP contribution in [0.15, 0.2) is 95.5 Å². The van der Waals surface area contributed by atoms with E-state index >= 15 is 0 Å². The average molecular weight is 375 g/mol. The summed E-state index contributed by atoms with van der Waals surface area (Å²) in [5.74, 6) is 0.940. The van der Waals surface area contributed by atoms with Crippen LogP contribution < -0.4 is 0 Å². The largest absolute Gasteiger partial charge is 0.456 e. The molecule has 2 aromatic heterocycles. The minimum absolute atomic E-state index is 0.918. The number of pyridine rings is 1. The van der Waals surface area contributed by atoms with Gasteiger partial charge in [0.25, 0.3) is 0 Å². The van der Waals surface area contributed by atoms with Crippen molar-refractivity contribution in [2.75, 3.05) is 0 Å². The molecule has 0 bridgehead atoms. The summed E-state index contributed by atoms with van der Waals surface area (Å²) in [5.41, 5.74) is 8.88.